The van der Waals surface area contributed by atoms with Crippen molar-refractivity contribution in [2.24, 2.45) is 0 Å². The maximum Gasteiger partial charge on any atom is 0.271 e. The number of nitrogens with zero attached hydrogens (tertiary/aromatic N) is 1. The van der Waals surface area contributed by atoms with Crippen LogP contribution in [0, 0.1) is 10.1 Å². The monoisotopic (exact) mass is 465 g/mol. The average Bonchev–Trinajstić information content (AvgIpc) is 2.69. The molecule has 0 saturated carbocycles. The molecule has 0 unspecified atom stereocenters. The number of hydrogen-bond acceptors (Lipinski definition) is 5. The summed E-state index contributed by atoms with van der Waals surface area (Å²) < 4.78 is 27.6. The number of hydrogen-bond donors (Lipinski definition) is 2. The van der Waals surface area contributed by atoms with E-state index in [-0.39, 0.29) is 37.6 Å². The van der Waals surface area contributed by atoms with Crippen LogP contribution in [0.15, 0.2) is 71.6 Å². The van der Waals surface area contributed by atoms with Crippen molar-refractivity contribution in [1.29, 1.82) is 0 Å². The van der Waals surface area contributed by atoms with E-state index in [2.05, 4.69) is 10.0 Å². The minimum absolute atomic E-state index is 0.00790. The van der Waals surface area contributed by atoms with Gasteiger partial charge in [0.1, 0.15) is 4.90 Å². The predicted molar refractivity (Wildman–Crippen MR) is 115 cm³/mol. The molecule has 11 heteroatoms. The Balaban J connectivity index is 1.82. The topological polar surface area (TPSA) is 118 Å². The highest BCUT2D eigenvalue weighted by Gasteiger charge is 2.19. The first kappa shape index (κ1) is 21.6. The maximum absolute atomic E-state index is 12.6. The zero-order valence-electron chi connectivity index (χ0n) is 15.0. The first-order chi connectivity index (χ1) is 14.2. The normalized spacial score (nSPS) is 11.0. The smallest absolute Gasteiger partial charge is 0.271 e. The summed E-state index contributed by atoms with van der Waals surface area (Å²) in [4.78, 5) is 22.6. The first-order valence-electron chi connectivity index (χ1n) is 8.29. The molecule has 3 aromatic rings. The van der Waals surface area contributed by atoms with Crippen molar-refractivity contribution < 1.29 is 18.1 Å². The van der Waals surface area contributed by atoms with Crippen molar-refractivity contribution in [3.63, 3.8) is 0 Å². The number of nitro groups is 1. The third kappa shape index (κ3) is 5.07. The molecule has 0 aliphatic carbocycles. The molecule has 2 N–H and O–H groups in total. The third-order valence-electron chi connectivity index (χ3n) is 3.87. The van der Waals surface area contributed by atoms with E-state index in [1.807, 2.05) is 0 Å². The van der Waals surface area contributed by atoms with Crippen LogP contribution in [0.1, 0.15) is 10.4 Å². The molecule has 0 bridgehead atoms. The molecule has 3 rings (SSSR count). The lowest BCUT2D eigenvalue weighted by Gasteiger charge is -2.11. The quantitative estimate of drug-likeness (QED) is 0.394. The van der Waals surface area contributed by atoms with Crippen molar-refractivity contribution in [1.82, 2.24) is 0 Å². The third-order valence-corrected chi connectivity index (χ3v) is 5.97. The summed E-state index contributed by atoms with van der Waals surface area (Å²) >= 11 is 11.8. The van der Waals surface area contributed by atoms with E-state index in [1.54, 1.807) is 0 Å². The van der Waals surface area contributed by atoms with Crippen molar-refractivity contribution >= 4 is 56.2 Å². The van der Waals surface area contributed by atoms with Crippen LogP contribution in [-0.2, 0) is 10.0 Å². The Bertz CT molecular complexity index is 1250. The van der Waals surface area contributed by atoms with E-state index >= 15 is 0 Å². The number of non-ortho nitro benzene ring substituents is 1. The molecule has 0 heterocycles. The van der Waals surface area contributed by atoms with Crippen LogP contribution in [-0.4, -0.2) is 19.2 Å². The van der Waals surface area contributed by atoms with Gasteiger partial charge in [0.05, 0.1) is 9.95 Å². The number of nitrogens with one attached hydrogen (secondary N) is 2. The lowest BCUT2D eigenvalue weighted by molar-refractivity contribution is -0.384. The molecule has 0 radical (unpaired) electrons. The Kier molecular flexibility index (Phi) is 6.25. The van der Waals surface area contributed by atoms with Crippen LogP contribution in [0.3, 0.4) is 0 Å². The van der Waals surface area contributed by atoms with Gasteiger partial charge in [-0.2, -0.15) is 0 Å². The van der Waals surface area contributed by atoms with Gasteiger partial charge >= 0.3 is 0 Å². The molecule has 8 nitrogen and oxygen atoms in total. The molecule has 0 fully saturated rings. The lowest BCUT2D eigenvalue weighted by Crippen LogP contribution is -2.15. The fraction of sp³-hybridized carbons (Fsp3) is 0. The second-order valence-corrected chi connectivity index (χ2v) is 8.52. The minimum atomic E-state index is -4.06. The van der Waals surface area contributed by atoms with Gasteiger partial charge in [-0.15, -0.1) is 0 Å². The largest absolute Gasteiger partial charge is 0.322 e. The Morgan fingerprint density at radius 2 is 1.63 bits per heavy atom. The second-order valence-electron chi connectivity index (χ2n) is 6.02. The van der Waals surface area contributed by atoms with E-state index in [1.165, 1.54) is 66.7 Å². The number of carbonyl (C=O) groups excluding carboxylic acids is 1. The van der Waals surface area contributed by atoms with E-state index in [0.29, 0.717) is 0 Å². The zero-order valence-corrected chi connectivity index (χ0v) is 17.3. The SMILES string of the molecule is O=C(Nc1cccc([N+](=O)[O-])c1)c1cccc(NS(=O)(=O)c2cc(Cl)ccc2Cl)c1. The summed E-state index contributed by atoms with van der Waals surface area (Å²) in [5.41, 5.74) is 0.315. The molecule has 0 saturated heterocycles. The van der Waals surface area contributed by atoms with Crippen molar-refractivity contribution in [3.8, 4) is 0 Å². The van der Waals surface area contributed by atoms with Gasteiger partial charge in [-0.1, -0.05) is 35.3 Å². The number of anilines is 2. The van der Waals surface area contributed by atoms with Gasteiger partial charge in [-0.3, -0.25) is 19.6 Å². The van der Waals surface area contributed by atoms with Gasteiger partial charge in [0, 0.05) is 34.1 Å². The average molecular weight is 466 g/mol. The number of rotatable bonds is 6. The number of benzene rings is 3. The summed E-state index contributed by atoms with van der Waals surface area (Å²) in [5.74, 6) is -0.572. The molecule has 0 atom stereocenters. The van der Waals surface area contributed by atoms with Crippen LogP contribution >= 0.6 is 23.2 Å². The first-order valence-corrected chi connectivity index (χ1v) is 10.5. The van der Waals surface area contributed by atoms with E-state index in [0.717, 1.165) is 0 Å². The Morgan fingerprint density at radius 1 is 0.933 bits per heavy atom. The molecule has 3 aromatic carbocycles. The molecule has 0 aliphatic rings. The number of halogens is 2. The highest BCUT2D eigenvalue weighted by atomic mass is 35.5. The molecule has 1 amide bonds. The van der Waals surface area contributed by atoms with Crippen molar-refractivity contribution in [2.75, 3.05) is 10.0 Å². The Labute approximate surface area is 181 Å². The molecule has 30 heavy (non-hydrogen) atoms. The van der Waals surface area contributed by atoms with Crippen LogP contribution in [0.25, 0.3) is 0 Å². The number of sulfonamides is 1. The van der Waals surface area contributed by atoms with Crippen molar-refractivity contribution in [3.05, 3.63) is 92.5 Å². The molecular weight excluding hydrogens is 453 g/mol. The van der Waals surface area contributed by atoms with Gasteiger partial charge in [-0.05, 0) is 42.5 Å². The van der Waals surface area contributed by atoms with E-state index in [4.69, 9.17) is 23.2 Å². The summed E-state index contributed by atoms with van der Waals surface area (Å²) in [6.45, 7) is 0. The van der Waals surface area contributed by atoms with Gasteiger partial charge in [0.25, 0.3) is 21.6 Å². The zero-order chi connectivity index (χ0) is 21.9. The number of carbonyl (C=O) groups is 1. The molecular formula is C19H13Cl2N3O5S. The summed E-state index contributed by atoms with van der Waals surface area (Å²) in [5, 5.41) is 13.6. The standard InChI is InChI=1S/C19H13Cl2N3O5S/c20-13-7-8-17(21)18(10-13)30(28,29)23-15-5-1-3-12(9-15)19(25)22-14-4-2-6-16(11-14)24(26)27/h1-11,23H,(H,22,25). The molecule has 0 aliphatic heterocycles. The van der Waals surface area contributed by atoms with Gasteiger partial charge in [0.2, 0.25) is 0 Å². The second kappa shape index (κ2) is 8.70. The van der Waals surface area contributed by atoms with Crippen LogP contribution in [0.4, 0.5) is 17.1 Å². The molecule has 154 valence electrons. The number of amides is 1. The van der Waals surface area contributed by atoms with Gasteiger partial charge in [0.15, 0.2) is 0 Å². The van der Waals surface area contributed by atoms with E-state index < -0.39 is 20.9 Å². The highest BCUT2D eigenvalue weighted by Crippen LogP contribution is 2.27. The van der Waals surface area contributed by atoms with Gasteiger partial charge in [-0.25, -0.2) is 8.42 Å². The van der Waals surface area contributed by atoms with Gasteiger partial charge < -0.3 is 5.32 Å². The fourth-order valence-corrected chi connectivity index (χ4v) is 4.33. The maximum atomic E-state index is 12.6. The van der Waals surface area contributed by atoms with E-state index in [9.17, 15) is 23.3 Å². The molecule has 0 spiro atoms. The predicted octanol–water partition coefficient (Wildman–Crippen LogP) is 4.95. The summed E-state index contributed by atoms with van der Waals surface area (Å²) in [6, 6.07) is 15.2. The van der Waals surface area contributed by atoms with Crippen LogP contribution < -0.4 is 10.0 Å². The minimum Gasteiger partial charge on any atom is -0.322 e. The van der Waals surface area contributed by atoms with Crippen LogP contribution in [0.5, 0.6) is 0 Å². The van der Waals surface area contributed by atoms with Crippen molar-refractivity contribution in [2.45, 2.75) is 4.90 Å². The summed E-state index contributed by atoms with van der Waals surface area (Å²) in [6.07, 6.45) is 0. The highest BCUT2D eigenvalue weighted by molar-refractivity contribution is 7.92. The van der Waals surface area contributed by atoms with Crippen LogP contribution in [0.2, 0.25) is 10.0 Å². The molecule has 0 aromatic heterocycles. The number of nitro benzene ring substituents is 1. The summed E-state index contributed by atoms with van der Waals surface area (Å²) in [7, 11) is -4.06. The Hall–Kier alpha value is -3.14. The fourth-order valence-electron chi connectivity index (χ4n) is 2.52. The lowest BCUT2D eigenvalue weighted by atomic mass is 10.2. The Morgan fingerprint density at radius 3 is 2.37 bits per heavy atom.